The highest BCUT2D eigenvalue weighted by molar-refractivity contribution is 5.21. The molecule has 0 amide bonds. The van der Waals surface area contributed by atoms with Crippen LogP contribution < -0.4 is 5.32 Å². The summed E-state index contributed by atoms with van der Waals surface area (Å²) in [6.07, 6.45) is 1.69. The first-order valence-corrected chi connectivity index (χ1v) is 7.05. The molecule has 3 nitrogen and oxygen atoms in total. The van der Waals surface area contributed by atoms with Crippen molar-refractivity contribution in [3.63, 3.8) is 0 Å². The van der Waals surface area contributed by atoms with Crippen LogP contribution in [0.2, 0.25) is 0 Å². The number of nitrogens with zero attached hydrogens (tertiary/aromatic N) is 1. The number of aliphatic hydroxyl groups excluding tert-OH is 1. The fourth-order valence-electron chi connectivity index (χ4n) is 2.11. The van der Waals surface area contributed by atoms with Crippen LogP contribution in [-0.4, -0.2) is 43.3 Å². The summed E-state index contributed by atoms with van der Waals surface area (Å²) in [5, 5.41) is 12.2. The highest BCUT2D eigenvalue weighted by Crippen LogP contribution is 2.20. The lowest BCUT2D eigenvalue weighted by Gasteiger charge is -2.22. The quantitative estimate of drug-likeness (QED) is 0.731. The molecule has 0 aliphatic heterocycles. The third-order valence-corrected chi connectivity index (χ3v) is 3.21. The van der Waals surface area contributed by atoms with Gasteiger partial charge in [0.2, 0.25) is 0 Å². The van der Waals surface area contributed by atoms with Gasteiger partial charge in [-0.2, -0.15) is 0 Å². The van der Waals surface area contributed by atoms with Crippen LogP contribution in [-0.2, 0) is 0 Å². The molecule has 1 aromatic rings. The number of rotatable bonds is 9. The van der Waals surface area contributed by atoms with E-state index in [-0.39, 0.29) is 12.6 Å². The van der Waals surface area contributed by atoms with Gasteiger partial charge in [-0.05, 0) is 50.7 Å². The van der Waals surface area contributed by atoms with Crippen molar-refractivity contribution in [3.8, 4) is 0 Å². The zero-order chi connectivity index (χ0) is 15.0. The summed E-state index contributed by atoms with van der Waals surface area (Å²) >= 11 is 0. The Kier molecular flexibility index (Phi) is 7.65. The lowest BCUT2D eigenvalue weighted by molar-refractivity contribution is 0.215. The van der Waals surface area contributed by atoms with Crippen molar-refractivity contribution in [3.05, 3.63) is 35.4 Å². The van der Waals surface area contributed by atoms with E-state index in [1.54, 1.807) is 0 Å². The van der Waals surface area contributed by atoms with Crippen molar-refractivity contribution >= 4 is 0 Å². The second-order valence-electron chi connectivity index (χ2n) is 5.03. The summed E-state index contributed by atoms with van der Waals surface area (Å²) < 4.78 is 26.6. The highest BCUT2D eigenvalue weighted by atomic mass is 19.1. The maximum absolute atomic E-state index is 13.3. The van der Waals surface area contributed by atoms with Gasteiger partial charge in [0, 0.05) is 18.7 Å². The Morgan fingerprint density at radius 2 is 1.85 bits per heavy atom. The third-order valence-electron chi connectivity index (χ3n) is 3.21. The molecule has 0 radical (unpaired) electrons. The minimum absolute atomic E-state index is 0.0821. The molecular formula is C15H24F2N2O. The highest BCUT2D eigenvalue weighted by Gasteiger charge is 2.14. The number of benzene rings is 1. The van der Waals surface area contributed by atoms with Gasteiger partial charge in [0.1, 0.15) is 11.6 Å². The van der Waals surface area contributed by atoms with Crippen molar-refractivity contribution in [2.75, 3.05) is 33.3 Å². The van der Waals surface area contributed by atoms with Gasteiger partial charge in [0.15, 0.2) is 0 Å². The lowest BCUT2D eigenvalue weighted by atomic mass is 10.0. The maximum Gasteiger partial charge on any atom is 0.126 e. The summed E-state index contributed by atoms with van der Waals surface area (Å²) in [4.78, 5) is 2.00. The van der Waals surface area contributed by atoms with Crippen LogP contribution in [0, 0.1) is 11.6 Å². The number of aliphatic hydroxyl groups is 1. The molecule has 0 aliphatic rings. The van der Waals surface area contributed by atoms with E-state index in [1.807, 2.05) is 18.9 Å². The van der Waals surface area contributed by atoms with Gasteiger partial charge < -0.3 is 15.3 Å². The van der Waals surface area contributed by atoms with E-state index in [1.165, 1.54) is 12.1 Å². The molecule has 1 atom stereocenters. The molecule has 0 spiro atoms. The first kappa shape index (κ1) is 17.0. The van der Waals surface area contributed by atoms with E-state index < -0.39 is 11.6 Å². The Balaban J connectivity index is 2.72. The predicted molar refractivity (Wildman–Crippen MR) is 76.6 cm³/mol. The first-order chi connectivity index (χ1) is 9.56. The molecule has 1 unspecified atom stereocenters. The van der Waals surface area contributed by atoms with Crippen LogP contribution in [0.5, 0.6) is 0 Å². The fourth-order valence-corrected chi connectivity index (χ4v) is 2.11. The molecule has 0 saturated carbocycles. The predicted octanol–water partition coefficient (Wildman–Crippen LogP) is 2.32. The largest absolute Gasteiger partial charge is 0.395 e. The summed E-state index contributed by atoms with van der Waals surface area (Å²) in [6.45, 7) is 4.30. The molecular weight excluding hydrogens is 262 g/mol. The van der Waals surface area contributed by atoms with E-state index in [4.69, 9.17) is 5.11 Å². The van der Waals surface area contributed by atoms with E-state index >= 15 is 0 Å². The second kappa shape index (κ2) is 9.00. The van der Waals surface area contributed by atoms with Crippen LogP contribution >= 0.6 is 0 Å². The normalized spacial score (nSPS) is 12.9. The Hall–Kier alpha value is -1.04. The van der Waals surface area contributed by atoms with Crippen molar-refractivity contribution in [2.45, 2.75) is 25.8 Å². The smallest absolute Gasteiger partial charge is 0.126 e. The van der Waals surface area contributed by atoms with Gasteiger partial charge in [-0.25, -0.2) is 8.78 Å². The van der Waals surface area contributed by atoms with Gasteiger partial charge in [-0.1, -0.05) is 6.92 Å². The molecule has 5 heteroatoms. The average Bonchev–Trinajstić information content (AvgIpc) is 2.38. The summed E-state index contributed by atoms with van der Waals surface area (Å²) in [6, 6.07) is 3.56. The molecule has 1 rings (SSSR count). The minimum atomic E-state index is -0.549. The molecule has 0 saturated heterocycles. The molecule has 0 bridgehead atoms. The summed E-state index contributed by atoms with van der Waals surface area (Å²) in [5.41, 5.74) is 0.633. The van der Waals surface area contributed by atoms with Crippen molar-refractivity contribution in [1.82, 2.24) is 10.2 Å². The van der Waals surface area contributed by atoms with Crippen LogP contribution in [0.3, 0.4) is 0 Å². The van der Waals surface area contributed by atoms with Gasteiger partial charge in [0.25, 0.3) is 0 Å². The Morgan fingerprint density at radius 3 is 2.40 bits per heavy atom. The molecule has 0 aromatic heterocycles. The maximum atomic E-state index is 13.3. The van der Waals surface area contributed by atoms with Crippen LogP contribution in [0.4, 0.5) is 8.78 Å². The summed E-state index contributed by atoms with van der Waals surface area (Å²) in [5.74, 6) is -1.10. The van der Waals surface area contributed by atoms with Gasteiger partial charge in [-0.15, -0.1) is 0 Å². The molecule has 20 heavy (non-hydrogen) atoms. The molecule has 0 heterocycles. The summed E-state index contributed by atoms with van der Waals surface area (Å²) in [7, 11) is 1.92. The molecule has 114 valence electrons. The van der Waals surface area contributed by atoms with Gasteiger partial charge in [0.05, 0.1) is 6.61 Å². The van der Waals surface area contributed by atoms with Crippen LogP contribution in [0.1, 0.15) is 31.4 Å². The fraction of sp³-hybridized carbons (Fsp3) is 0.600. The number of hydrogen-bond donors (Lipinski definition) is 2. The SMILES string of the molecule is CCCNC(CCN(C)CCO)c1cc(F)cc(F)c1. The number of likely N-dealkylation sites (N-methyl/N-ethyl adjacent to an activating group) is 1. The van der Waals surface area contributed by atoms with E-state index in [2.05, 4.69) is 5.32 Å². The van der Waals surface area contributed by atoms with Crippen molar-refractivity contribution < 1.29 is 13.9 Å². The zero-order valence-corrected chi connectivity index (χ0v) is 12.2. The van der Waals surface area contributed by atoms with Crippen LogP contribution in [0.25, 0.3) is 0 Å². The number of nitrogens with one attached hydrogen (secondary N) is 1. The molecule has 0 fully saturated rings. The van der Waals surface area contributed by atoms with Gasteiger partial charge in [-0.3, -0.25) is 0 Å². The zero-order valence-electron chi connectivity index (χ0n) is 12.2. The topological polar surface area (TPSA) is 35.5 Å². The van der Waals surface area contributed by atoms with Crippen molar-refractivity contribution in [1.29, 1.82) is 0 Å². The Labute approximate surface area is 119 Å². The van der Waals surface area contributed by atoms with Gasteiger partial charge >= 0.3 is 0 Å². The third kappa shape index (κ3) is 5.94. The van der Waals surface area contributed by atoms with E-state index in [9.17, 15) is 8.78 Å². The van der Waals surface area contributed by atoms with Crippen molar-refractivity contribution in [2.24, 2.45) is 0 Å². The average molecular weight is 286 g/mol. The second-order valence-corrected chi connectivity index (χ2v) is 5.03. The standard InChI is InChI=1S/C15H24F2N2O/c1-3-5-18-15(4-6-19(2)7-8-20)12-9-13(16)11-14(17)10-12/h9-11,15,18,20H,3-8H2,1-2H3. The lowest BCUT2D eigenvalue weighted by Crippen LogP contribution is -2.29. The van der Waals surface area contributed by atoms with E-state index in [0.29, 0.717) is 12.1 Å². The minimum Gasteiger partial charge on any atom is -0.395 e. The number of halogens is 2. The first-order valence-electron chi connectivity index (χ1n) is 7.05. The van der Waals surface area contributed by atoms with E-state index in [0.717, 1.165) is 32.0 Å². The molecule has 0 aliphatic carbocycles. The monoisotopic (exact) mass is 286 g/mol. The Morgan fingerprint density at radius 1 is 1.20 bits per heavy atom. The number of hydrogen-bond acceptors (Lipinski definition) is 3. The Bertz CT molecular complexity index is 381. The molecule has 2 N–H and O–H groups in total. The molecule has 1 aromatic carbocycles. The van der Waals surface area contributed by atoms with Crippen LogP contribution in [0.15, 0.2) is 18.2 Å².